The number of benzene rings is 1. The Labute approximate surface area is 161 Å². The summed E-state index contributed by atoms with van der Waals surface area (Å²) in [7, 11) is -3.57. The number of carbonyl (C=O) groups excluding carboxylic acids is 1. The third-order valence-corrected chi connectivity index (χ3v) is 5.90. The molecule has 0 bridgehead atoms. The highest BCUT2D eigenvalue weighted by molar-refractivity contribution is 7.90. The van der Waals surface area contributed by atoms with Gasteiger partial charge >= 0.3 is 0 Å². The van der Waals surface area contributed by atoms with Crippen LogP contribution in [0.3, 0.4) is 0 Å². The fourth-order valence-corrected chi connectivity index (χ4v) is 4.20. The number of para-hydroxylation sites is 1. The van der Waals surface area contributed by atoms with Gasteiger partial charge in [-0.1, -0.05) is 18.2 Å². The molecule has 146 valence electrons. The summed E-state index contributed by atoms with van der Waals surface area (Å²) in [5, 5.41) is 0.720. The molecule has 0 radical (unpaired) electrons. The molecule has 2 aromatic heterocycles. The second-order valence-electron chi connectivity index (χ2n) is 7.09. The molecule has 0 fully saturated rings. The molecule has 4 rings (SSSR count). The smallest absolute Gasteiger partial charge is 0.256 e. The Bertz CT molecular complexity index is 1260. The van der Waals surface area contributed by atoms with Crippen LogP contribution in [0.15, 0.2) is 40.4 Å². The molecule has 1 aromatic carbocycles. The van der Waals surface area contributed by atoms with Gasteiger partial charge < -0.3 is 0 Å². The van der Waals surface area contributed by atoms with Crippen molar-refractivity contribution in [3.63, 3.8) is 0 Å². The van der Waals surface area contributed by atoms with Crippen LogP contribution in [0.2, 0.25) is 0 Å². The first-order chi connectivity index (χ1) is 13.2. The van der Waals surface area contributed by atoms with E-state index in [0.717, 1.165) is 22.7 Å². The van der Waals surface area contributed by atoms with Gasteiger partial charge in [0.2, 0.25) is 20.9 Å². The van der Waals surface area contributed by atoms with Crippen LogP contribution in [-0.4, -0.2) is 46.6 Å². The SMILES string of the molecule is CC(=O)n1cc(CN2CCc3nc(S(C)(=O)=O)[nH]c(=O)c3C2)c2ccccc21. The molecular formula is C19H20N4O4S. The average molecular weight is 400 g/mol. The number of aromatic amines is 1. The minimum atomic E-state index is -3.57. The van der Waals surface area contributed by atoms with Crippen molar-refractivity contribution in [2.24, 2.45) is 0 Å². The van der Waals surface area contributed by atoms with E-state index in [2.05, 4.69) is 14.9 Å². The third kappa shape index (κ3) is 3.27. The fraction of sp³-hybridized carbons (Fsp3) is 0.316. The van der Waals surface area contributed by atoms with Gasteiger partial charge in [-0.15, -0.1) is 0 Å². The monoisotopic (exact) mass is 400 g/mol. The standard InChI is InChI=1S/C19H20N4O4S/c1-12(24)23-10-13(14-5-3-4-6-17(14)23)9-22-8-7-16-15(11-22)18(25)21-19(20-16)28(2,26)27/h3-6,10H,7-9,11H2,1-2H3,(H,20,21,25). The van der Waals surface area contributed by atoms with Gasteiger partial charge in [0, 0.05) is 50.8 Å². The molecule has 0 saturated heterocycles. The van der Waals surface area contributed by atoms with Crippen LogP contribution in [0.4, 0.5) is 0 Å². The molecule has 0 unspecified atom stereocenters. The number of carbonyl (C=O) groups is 1. The first-order valence-electron chi connectivity index (χ1n) is 8.88. The second kappa shape index (κ2) is 6.68. The summed E-state index contributed by atoms with van der Waals surface area (Å²) in [6.45, 7) is 3.12. The lowest BCUT2D eigenvalue weighted by atomic mass is 10.1. The van der Waals surface area contributed by atoms with Crippen molar-refractivity contribution in [1.29, 1.82) is 0 Å². The molecule has 8 nitrogen and oxygen atoms in total. The van der Waals surface area contributed by atoms with E-state index in [9.17, 15) is 18.0 Å². The lowest BCUT2D eigenvalue weighted by Crippen LogP contribution is -2.36. The number of hydrogen-bond donors (Lipinski definition) is 1. The van der Waals surface area contributed by atoms with E-state index in [-0.39, 0.29) is 11.1 Å². The molecule has 0 amide bonds. The number of nitrogens with one attached hydrogen (secondary N) is 1. The summed E-state index contributed by atoms with van der Waals surface area (Å²) in [5.41, 5.74) is 2.48. The van der Waals surface area contributed by atoms with E-state index >= 15 is 0 Å². The number of rotatable bonds is 3. The summed E-state index contributed by atoms with van der Waals surface area (Å²) in [4.78, 5) is 33.0. The van der Waals surface area contributed by atoms with E-state index in [1.807, 2.05) is 30.5 Å². The molecule has 3 aromatic rings. The molecule has 0 saturated carbocycles. The Balaban J connectivity index is 1.66. The lowest BCUT2D eigenvalue weighted by molar-refractivity contribution is 0.0941. The van der Waals surface area contributed by atoms with Crippen molar-refractivity contribution < 1.29 is 13.2 Å². The fourth-order valence-electron chi connectivity index (χ4n) is 3.65. The summed E-state index contributed by atoms with van der Waals surface area (Å²) in [6.07, 6.45) is 3.36. The summed E-state index contributed by atoms with van der Waals surface area (Å²) in [6, 6.07) is 7.72. The average Bonchev–Trinajstić information content (AvgIpc) is 3.00. The van der Waals surface area contributed by atoms with Crippen LogP contribution >= 0.6 is 0 Å². The van der Waals surface area contributed by atoms with Crippen molar-refractivity contribution in [3.8, 4) is 0 Å². The van der Waals surface area contributed by atoms with Crippen molar-refractivity contribution in [2.45, 2.75) is 31.6 Å². The number of aromatic nitrogens is 3. The van der Waals surface area contributed by atoms with Gasteiger partial charge in [0.25, 0.3) is 5.56 Å². The Hall–Kier alpha value is -2.78. The number of nitrogens with zero attached hydrogens (tertiary/aromatic N) is 3. The molecule has 28 heavy (non-hydrogen) atoms. The molecule has 1 aliphatic heterocycles. The van der Waals surface area contributed by atoms with E-state index in [0.29, 0.717) is 37.3 Å². The molecule has 3 heterocycles. The van der Waals surface area contributed by atoms with Gasteiger partial charge in [-0.3, -0.25) is 24.0 Å². The zero-order valence-corrected chi connectivity index (χ0v) is 16.4. The largest absolute Gasteiger partial charge is 0.297 e. The van der Waals surface area contributed by atoms with Crippen LogP contribution in [0.25, 0.3) is 10.9 Å². The molecular weight excluding hydrogens is 380 g/mol. The maximum Gasteiger partial charge on any atom is 0.256 e. The molecule has 1 N–H and O–H groups in total. The van der Waals surface area contributed by atoms with Crippen molar-refractivity contribution in [3.05, 3.63) is 57.6 Å². The molecule has 9 heteroatoms. The number of hydrogen-bond acceptors (Lipinski definition) is 6. The minimum Gasteiger partial charge on any atom is -0.297 e. The van der Waals surface area contributed by atoms with Crippen molar-refractivity contribution in [2.75, 3.05) is 12.8 Å². The first-order valence-corrected chi connectivity index (χ1v) is 10.8. The van der Waals surface area contributed by atoms with Crippen LogP contribution in [0.5, 0.6) is 0 Å². The Morgan fingerprint density at radius 2 is 2.04 bits per heavy atom. The van der Waals surface area contributed by atoms with Crippen LogP contribution < -0.4 is 5.56 Å². The van der Waals surface area contributed by atoms with Crippen LogP contribution in [-0.2, 0) is 29.3 Å². The van der Waals surface area contributed by atoms with E-state index < -0.39 is 15.4 Å². The van der Waals surface area contributed by atoms with E-state index in [1.54, 1.807) is 4.57 Å². The van der Waals surface area contributed by atoms with Crippen molar-refractivity contribution >= 4 is 26.6 Å². The predicted molar refractivity (Wildman–Crippen MR) is 104 cm³/mol. The summed E-state index contributed by atoms with van der Waals surface area (Å²) >= 11 is 0. The molecule has 1 aliphatic rings. The van der Waals surface area contributed by atoms with Gasteiger partial charge in [0.15, 0.2) is 0 Å². The molecule has 0 atom stereocenters. The minimum absolute atomic E-state index is 0.0552. The van der Waals surface area contributed by atoms with Crippen LogP contribution in [0.1, 0.15) is 28.5 Å². The van der Waals surface area contributed by atoms with Crippen molar-refractivity contribution in [1.82, 2.24) is 19.4 Å². The quantitative estimate of drug-likeness (QED) is 0.666. The van der Waals surface area contributed by atoms with E-state index in [1.165, 1.54) is 6.92 Å². The highest BCUT2D eigenvalue weighted by Crippen LogP contribution is 2.24. The van der Waals surface area contributed by atoms with Crippen LogP contribution in [0, 0.1) is 0 Å². The zero-order valence-electron chi connectivity index (χ0n) is 15.6. The number of sulfone groups is 1. The van der Waals surface area contributed by atoms with E-state index in [4.69, 9.17) is 0 Å². The molecule has 0 aliphatic carbocycles. The second-order valence-corrected chi connectivity index (χ2v) is 9.02. The Morgan fingerprint density at radius 1 is 1.29 bits per heavy atom. The Kier molecular flexibility index (Phi) is 4.43. The highest BCUT2D eigenvalue weighted by atomic mass is 32.2. The first kappa shape index (κ1) is 18.6. The normalized spacial score (nSPS) is 14.9. The highest BCUT2D eigenvalue weighted by Gasteiger charge is 2.24. The number of fused-ring (bicyclic) bond motifs is 2. The lowest BCUT2D eigenvalue weighted by Gasteiger charge is -2.27. The number of H-pyrrole nitrogens is 1. The Morgan fingerprint density at radius 3 is 2.75 bits per heavy atom. The van der Waals surface area contributed by atoms with Gasteiger partial charge in [0.05, 0.1) is 16.8 Å². The zero-order chi connectivity index (χ0) is 20.1. The maximum absolute atomic E-state index is 12.4. The summed E-state index contributed by atoms with van der Waals surface area (Å²) < 4.78 is 25.0. The third-order valence-electron chi connectivity index (χ3n) is 5.00. The topological polar surface area (TPSA) is 105 Å². The molecule has 0 spiro atoms. The maximum atomic E-state index is 12.4. The van der Waals surface area contributed by atoms with Gasteiger partial charge in [0.1, 0.15) is 0 Å². The van der Waals surface area contributed by atoms with Gasteiger partial charge in [-0.25, -0.2) is 13.4 Å². The predicted octanol–water partition coefficient (Wildman–Crippen LogP) is 1.35. The van der Waals surface area contributed by atoms with Gasteiger partial charge in [-0.2, -0.15) is 0 Å². The summed E-state index contributed by atoms with van der Waals surface area (Å²) in [5.74, 6) is -0.0552. The van der Waals surface area contributed by atoms with Gasteiger partial charge in [-0.05, 0) is 11.6 Å².